The van der Waals surface area contributed by atoms with E-state index in [4.69, 9.17) is 37.9 Å². The van der Waals surface area contributed by atoms with Crippen molar-refractivity contribution in [3.05, 3.63) is 69.2 Å². The van der Waals surface area contributed by atoms with Crippen molar-refractivity contribution in [2.45, 2.75) is 6.92 Å². The van der Waals surface area contributed by atoms with Crippen LogP contribution < -0.4 is 4.74 Å². The van der Waals surface area contributed by atoms with E-state index in [2.05, 4.69) is 0 Å². The largest absolute Gasteiger partial charge is 0.462 e. The maximum absolute atomic E-state index is 12.2. The third-order valence-electron chi connectivity index (χ3n) is 3.17. The SMILES string of the molecule is CCOC(=O)/C(C#N)=C\c1ccc(OC(=O)c2ccc(Cl)cc2Cl)cc1. The van der Waals surface area contributed by atoms with E-state index in [0.29, 0.717) is 10.6 Å². The van der Waals surface area contributed by atoms with Gasteiger partial charge in [-0.1, -0.05) is 35.3 Å². The molecule has 0 aliphatic rings. The Hall–Kier alpha value is -2.81. The molecular weight excluding hydrogens is 377 g/mol. The highest BCUT2D eigenvalue weighted by Gasteiger charge is 2.13. The number of halogens is 2. The molecule has 0 radical (unpaired) electrons. The van der Waals surface area contributed by atoms with E-state index >= 15 is 0 Å². The van der Waals surface area contributed by atoms with Gasteiger partial charge in [0.05, 0.1) is 17.2 Å². The van der Waals surface area contributed by atoms with Crippen molar-refractivity contribution in [2.24, 2.45) is 0 Å². The van der Waals surface area contributed by atoms with Gasteiger partial charge in [-0.15, -0.1) is 0 Å². The molecule has 0 aromatic heterocycles. The first-order valence-corrected chi connectivity index (χ1v) is 8.26. The molecule has 0 bridgehead atoms. The molecule has 0 saturated carbocycles. The molecule has 0 N–H and O–H groups in total. The molecule has 2 aromatic rings. The zero-order valence-corrected chi connectivity index (χ0v) is 15.2. The van der Waals surface area contributed by atoms with Crippen LogP contribution in [-0.2, 0) is 9.53 Å². The van der Waals surface area contributed by atoms with Crippen LogP contribution in [0.25, 0.3) is 6.08 Å². The van der Waals surface area contributed by atoms with Crippen molar-refractivity contribution < 1.29 is 19.1 Å². The van der Waals surface area contributed by atoms with Gasteiger partial charge in [0.1, 0.15) is 17.4 Å². The Labute approximate surface area is 160 Å². The maximum atomic E-state index is 12.2. The number of ether oxygens (including phenoxy) is 2. The number of carbonyl (C=O) groups is 2. The van der Waals surface area contributed by atoms with Gasteiger partial charge in [-0.2, -0.15) is 5.26 Å². The number of carbonyl (C=O) groups excluding carboxylic acids is 2. The second-order valence-corrected chi connectivity index (χ2v) is 5.82. The van der Waals surface area contributed by atoms with Crippen LogP contribution in [0.4, 0.5) is 0 Å². The first kappa shape index (κ1) is 19.5. The van der Waals surface area contributed by atoms with Crippen LogP contribution in [0.3, 0.4) is 0 Å². The van der Waals surface area contributed by atoms with E-state index in [0.717, 1.165) is 0 Å². The first-order chi connectivity index (χ1) is 12.4. The summed E-state index contributed by atoms with van der Waals surface area (Å²) in [6, 6.07) is 12.5. The molecule has 0 heterocycles. The molecule has 0 aliphatic carbocycles. The molecule has 0 saturated heterocycles. The van der Waals surface area contributed by atoms with Gasteiger partial charge >= 0.3 is 11.9 Å². The van der Waals surface area contributed by atoms with Crippen LogP contribution in [0.2, 0.25) is 10.0 Å². The lowest BCUT2D eigenvalue weighted by Crippen LogP contribution is -2.09. The molecule has 0 amide bonds. The Bertz CT molecular complexity index is 899. The zero-order valence-electron chi connectivity index (χ0n) is 13.7. The lowest BCUT2D eigenvalue weighted by Gasteiger charge is -2.06. The number of rotatable bonds is 5. The van der Waals surface area contributed by atoms with Gasteiger partial charge < -0.3 is 9.47 Å². The summed E-state index contributed by atoms with van der Waals surface area (Å²) < 4.78 is 10.0. The van der Waals surface area contributed by atoms with Crippen LogP contribution in [0.1, 0.15) is 22.8 Å². The van der Waals surface area contributed by atoms with Gasteiger partial charge in [0.25, 0.3) is 0 Å². The van der Waals surface area contributed by atoms with E-state index in [9.17, 15) is 9.59 Å². The van der Waals surface area contributed by atoms with Crippen molar-refractivity contribution in [2.75, 3.05) is 6.61 Å². The summed E-state index contributed by atoms with van der Waals surface area (Å²) in [4.78, 5) is 23.8. The van der Waals surface area contributed by atoms with E-state index in [1.54, 1.807) is 25.1 Å². The molecule has 2 rings (SSSR count). The zero-order chi connectivity index (χ0) is 19.1. The molecule has 26 heavy (non-hydrogen) atoms. The fourth-order valence-corrected chi connectivity index (χ4v) is 2.45. The summed E-state index contributed by atoms with van der Waals surface area (Å²) in [6.45, 7) is 1.84. The number of hydrogen-bond donors (Lipinski definition) is 0. The minimum absolute atomic E-state index is 0.121. The quantitative estimate of drug-likeness (QED) is 0.321. The summed E-state index contributed by atoms with van der Waals surface area (Å²) in [6.07, 6.45) is 1.39. The second-order valence-electron chi connectivity index (χ2n) is 4.97. The topological polar surface area (TPSA) is 76.4 Å². The number of nitriles is 1. The molecular formula is C19H13Cl2NO4. The molecule has 5 nitrogen and oxygen atoms in total. The Kier molecular flexibility index (Phi) is 6.79. The standard InChI is InChI=1S/C19H13Cl2NO4/c1-2-25-18(23)13(11-22)9-12-3-6-15(7-4-12)26-19(24)16-8-5-14(20)10-17(16)21/h3-10H,2H2,1H3/b13-9-. The Balaban J connectivity index is 2.13. The number of esters is 2. The Morgan fingerprint density at radius 1 is 1.15 bits per heavy atom. The molecule has 0 spiro atoms. The lowest BCUT2D eigenvalue weighted by atomic mass is 10.1. The Morgan fingerprint density at radius 3 is 2.42 bits per heavy atom. The normalized spacial score (nSPS) is 10.8. The van der Waals surface area contributed by atoms with Gasteiger partial charge in [-0.25, -0.2) is 9.59 Å². The van der Waals surface area contributed by atoms with Crippen LogP contribution in [0.5, 0.6) is 5.75 Å². The van der Waals surface area contributed by atoms with Gasteiger partial charge in [0.15, 0.2) is 0 Å². The van der Waals surface area contributed by atoms with E-state index in [1.807, 2.05) is 0 Å². The monoisotopic (exact) mass is 389 g/mol. The average molecular weight is 390 g/mol. The number of hydrogen-bond acceptors (Lipinski definition) is 5. The molecule has 0 fully saturated rings. The van der Waals surface area contributed by atoms with Crippen LogP contribution in [0.15, 0.2) is 48.0 Å². The number of nitrogens with zero attached hydrogens (tertiary/aromatic N) is 1. The molecule has 2 aromatic carbocycles. The summed E-state index contributed by atoms with van der Waals surface area (Å²) in [5.74, 6) is -1.03. The van der Waals surface area contributed by atoms with Crippen LogP contribution in [0, 0.1) is 11.3 Å². The van der Waals surface area contributed by atoms with Crippen molar-refractivity contribution >= 4 is 41.2 Å². The van der Waals surface area contributed by atoms with Gasteiger partial charge in [-0.3, -0.25) is 0 Å². The minimum Gasteiger partial charge on any atom is -0.462 e. The highest BCUT2D eigenvalue weighted by Crippen LogP contribution is 2.23. The van der Waals surface area contributed by atoms with Crippen molar-refractivity contribution in [1.29, 1.82) is 5.26 Å². The van der Waals surface area contributed by atoms with E-state index < -0.39 is 11.9 Å². The molecule has 7 heteroatoms. The molecule has 0 unspecified atom stereocenters. The van der Waals surface area contributed by atoms with Gasteiger partial charge in [-0.05, 0) is 48.9 Å². The summed E-state index contributed by atoms with van der Waals surface area (Å²) in [5.41, 5.74) is 0.651. The highest BCUT2D eigenvalue weighted by molar-refractivity contribution is 6.36. The van der Waals surface area contributed by atoms with Crippen molar-refractivity contribution in [1.82, 2.24) is 0 Å². The smallest absolute Gasteiger partial charge is 0.348 e. The average Bonchev–Trinajstić information content (AvgIpc) is 2.61. The summed E-state index contributed by atoms with van der Waals surface area (Å²) >= 11 is 11.8. The van der Waals surface area contributed by atoms with Gasteiger partial charge in [0.2, 0.25) is 0 Å². The summed E-state index contributed by atoms with van der Waals surface area (Å²) in [7, 11) is 0. The number of benzene rings is 2. The predicted molar refractivity (Wildman–Crippen MR) is 98.1 cm³/mol. The summed E-state index contributed by atoms with van der Waals surface area (Å²) in [5, 5.41) is 9.62. The second kappa shape index (κ2) is 9.04. The van der Waals surface area contributed by atoms with Gasteiger partial charge in [0, 0.05) is 5.02 Å². The fourth-order valence-electron chi connectivity index (χ4n) is 1.96. The minimum atomic E-state index is -0.692. The van der Waals surface area contributed by atoms with Crippen LogP contribution >= 0.6 is 23.2 Å². The predicted octanol–water partition coefficient (Wildman–Crippen LogP) is 4.68. The molecule has 132 valence electrons. The van der Waals surface area contributed by atoms with E-state index in [-0.39, 0.29) is 28.5 Å². The molecule has 0 atom stereocenters. The highest BCUT2D eigenvalue weighted by atomic mass is 35.5. The lowest BCUT2D eigenvalue weighted by molar-refractivity contribution is -0.137. The van der Waals surface area contributed by atoms with Crippen molar-refractivity contribution in [3.8, 4) is 11.8 Å². The molecule has 0 aliphatic heterocycles. The third kappa shape index (κ3) is 5.09. The van der Waals surface area contributed by atoms with E-state index in [1.165, 1.54) is 36.4 Å². The fraction of sp³-hybridized carbons (Fsp3) is 0.105. The van der Waals surface area contributed by atoms with Crippen molar-refractivity contribution in [3.63, 3.8) is 0 Å². The first-order valence-electron chi connectivity index (χ1n) is 7.50. The third-order valence-corrected chi connectivity index (χ3v) is 3.72. The Morgan fingerprint density at radius 2 is 1.85 bits per heavy atom. The maximum Gasteiger partial charge on any atom is 0.348 e. The van der Waals surface area contributed by atoms with Crippen LogP contribution in [-0.4, -0.2) is 18.5 Å².